The van der Waals surface area contributed by atoms with Crippen molar-refractivity contribution < 1.29 is 48.9 Å². The number of methoxy groups -OCH3 is 4. The molecule has 0 unspecified atom stereocenters. The van der Waals surface area contributed by atoms with Gasteiger partial charge in [-0.1, -0.05) is 98.4 Å². The average molecular weight is 1480 g/mol. The molecule has 4 aromatic heterocycles. The predicted octanol–water partition coefficient (Wildman–Crippen LogP) is 21.0. The van der Waals surface area contributed by atoms with Gasteiger partial charge in [-0.3, -0.25) is 0 Å². The van der Waals surface area contributed by atoms with Crippen molar-refractivity contribution in [2.75, 3.05) is 66.4 Å². The average Bonchev–Trinajstić information content (AvgIpc) is 1.38. The van der Waals surface area contributed by atoms with E-state index in [0.717, 1.165) is 128 Å². The minimum absolute atomic E-state index is 0. The third-order valence-corrected chi connectivity index (χ3v) is 22.4. The lowest BCUT2D eigenvalue weighted by Gasteiger charge is -2.17. The first-order valence-corrected chi connectivity index (χ1v) is 37.6. The van der Waals surface area contributed by atoms with E-state index in [-0.39, 0.29) is 17.2 Å². The third kappa shape index (κ3) is 14.4. The van der Waals surface area contributed by atoms with Gasteiger partial charge in [-0.25, -0.2) is 0 Å². The number of ether oxygens (including phenoxy) is 5. The van der Waals surface area contributed by atoms with Crippen LogP contribution in [0.25, 0.3) is 109 Å². The van der Waals surface area contributed by atoms with Crippen LogP contribution in [0.4, 0.5) is 11.4 Å². The molecule has 17 aromatic rings. The van der Waals surface area contributed by atoms with Crippen LogP contribution < -0.4 is 41.9 Å². The van der Waals surface area contributed by atoms with E-state index < -0.39 is 20.2 Å². The molecule has 17 rings (SSSR count). The van der Waals surface area contributed by atoms with Crippen LogP contribution in [0.1, 0.15) is 40.8 Å². The molecule has 0 radical (unpaired) electrons. The van der Waals surface area contributed by atoms with Gasteiger partial charge in [0.05, 0.1) is 67.1 Å². The molecule has 108 heavy (non-hydrogen) atoms. The molecule has 550 valence electrons. The zero-order chi connectivity index (χ0) is 75.2. The topological polar surface area (TPSA) is 203 Å². The molecule has 0 saturated heterocycles. The molecule has 17 nitrogen and oxygen atoms in total. The second kappa shape index (κ2) is 30.3. The van der Waals surface area contributed by atoms with Crippen molar-refractivity contribution >= 4 is 140 Å². The Morgan fingerprint density at radius 3 is 1.14 bits per heavy atom. The van der Waals surface area contributed by atoms with Crippen molar-refractivity contribution in [3.8, 4) is 40.2 Å². The minimum Gasteiger partial charge on any atom is -0.497 e. The Morgan fingerprint density at radius 2 is 0.685 bits per heavy atom. The van der Waals surface area contributed by atoms with Crippen molar-refractivity contribution in [1.29, 1.82) is 0 Å². The summed E-state index contributed by atoms with van der Waals surface area (Å²) in [5, 5.41) is 12.0. The number of aryl methyl sites for hydroxylation is 5. The Bertz CT molecular complexity index is 6390. The Balaban J connectivity index is 0.000000130. The summed E-state index contributed by atoms with van der Waals surface area (Å²) in [7, 11) is 6.22. The molecule has 13 aromatic carbocycles. The first-order valence-electron chi connectivity index (χ1n) is 34.8. The van der Waals surface area contributed by atoms with Crippen molar-refractivity contribution in [3.05, 3.63) is 258 Å². The van der Waals surface area contributed by atoms with Gasteiger partial charge in [0.15, 0.2) is 0 Å². The van der Waals surface area contributed by atoms with Crippen molar-refractivity contribution in [2.45, 2.75) is 58.4 Å². The molecule has 0 atom stereocenters. The zero-order valence-corrected chi connectivity index (χ0v) is 63.4. The summed E-state index contributed by atoms with van der Waals surface area (Å²) in [4.78, 5) is 17.9. The number of H-pyrrole nitrogens is 4. The highest BCUT2D eigenvalue weighted by atomic mass is 32.2. The second-order valence-electron chi connectivity index (χ2n) is 26.9. The highest BCUT2D eigenvalue weighted by Gasteiger charge is 2.26. The van der Waals surface area contributed by atoms with E-state index in [9.17, 15) is 16.8 Å². The number of hydrogen-bond acceptors (Lipinski definition) is 13. The summed E-state index contributed by atoms with van der Waals surface area (Å²) in [5.74, 6) is 4.73. The van der Waals surface area contributed by atoms with Crippen LogP contribution >= 0.6 is 0 Å². The second-order valence-corrected chi connectivity index (χ2v) is 29.9. The van der Waals surface area contributed by atoms with E-state index in [0.29, 0.717) is 28.9 Å². The van der Waals surface area contributed by atoms with Gasteiger partial charge in [-0.05, 0) is 159 Å². The van der Waals surface area contributed by atoms with Crippen LogP contribution in [0, 0.1) is 34.6 Å². The van der Waals surface area contributed by atoms with Crippen LogP contribution in [-0.4, -0.2) is 93.4 Å². The lowest BCUT2D eigenvalue weighted by molar-refractivity contribution is 0.304. The Hall–Kier alpha value is -12.3. The number of benzene rings is 13. The lowest BCUT2D eigenvalue weighted by Crippen LogP contribution is -2.12. The Morgan fingerprint density at radius 1 is 0.315 bits per heavy atom. The maximum Gasteiger partial charge on any atom is 0.339 e. The third-order valence-electron chi connectivity index (χ3n) is 19.8. The quantitative estimate of drug-likeness (QED) is 0.0707. The monoisotopic (exact) mass is 1480 g/mol. The number of aromatic amines is 4. The summed E-state index contributed by atoms with van der Waals surface area (Å²) in [6.07, 6.45) is 0. The van der Waals surface area contributed by atoms with Gasteiger partial charge in [0, 0.05) is 152 Å². The normalized spacial score (nSPS) is 11.5. The Kier molecular flexibility index (Phi) is 20.7. The van der Waals surface area contributed by atoms with E-state index in [1.54, 1.807) is 77.0 Å². The number of rotatable bonds is 15. The lowest BCUT2D eigenvalue weighted by atomic mass is 10.1. The molecule has 0 aliphatic rings. The fourth-order valence-electron chi connectivity index (χ4n) is 14.0. The van der Waals surface area contributed by atoms with Crippen LogP contribution in [0.15, 0.2) is 234 Å². The number of hydrogen-bond donors (Lipinski definition) is 4. The number of anilines is 2. The number of fused-ring (bicyclic) bond motifs is 14. The summed E-state index contributed by atoms with van der Waals surface area (Å²) in [6, 6.07) is 71.7. The van der Waals surface area contributed by atoms with E-state index in [4.69, 9.17) is 32.1 Å². The van der Waals surface area contributed by atoms with Gasteiger partial charge in [0.2, 0.25) is 0 Å². The fraction of sp³-hybridized carbons (Fsp3) is 0.169. The smallest absolute Gasteiger partial charge is 0.339 e. The molecule has 4 N–H and O–H groups in total. The van der Waals surface area contributed by atoms with Crippen LogP contribution in [0.3, 0.4) is 0 Å². The molecule has 0 amide bonds. The largest absolute Gasteiger partial charge is 0.497 e. The van der Waals surface area contributed by atoms with Gasteiger partial charge >= 0.3 is 20.2 Å². The summed E-state index contributed by atoms with van der Waals surface area (Å²) in [5.41, 5.74) is 16.2. The number of nitrogens with zero attached hydrogens (tertiary/aromatic N) is 2. The van der Waals surface area contributed by atoms with E-state index in [1.165, 1.54) is 43.8 Å². The van der Waals surface area contributed by atoms with Crippen molar-refractivity contribution in [3.63, 3.8) is 0 Å². The molecule has 19 heteroatoms. The molecule has 0 aliphatic heterocycles. The van der Waals surface area contributed by atoms with Gasteiger partial charge in [0.25, 0.3) is 0 Å². The van der Waals surface area contributed by atoms with Gasteiger partial charge in [-0.15, -0.1) is 0 Å². The standard InChI is InChI=1S/2C26H24N2O4S.C21H19NO2.C15H15NO.CH4/c1-16-13-21-18-12-11-17(31-4)14-22(18)27-23(21)15-25(16)32-33(29,30)26-10-6-7-19-20(26)8-5-9-24(19)28(2)3;1-16-24(14-13-21-18-12-11-17(31-4)15-22(18)27-26(16)21)32-33(29,30)25-10-6-7-19-20(25)8-5-9-23(19)28(2)3;1-14-10-18-17-9-8-16(23-2)11-19(17)22-20(18)12-21(14)24-13-15-6-4-3-5-7-15;1-9-4-6-13-12-7-5-11(17-3)8-14(12)16-15(13)10(9)2;/h2*5-15,27H,1-4H3;3-12,22H,13H2,1-2H3;4-8,16H,1-3H3;1H4. The van der Waals surface area contributed by atoms with Crippen molar-refractivity contribution in [2.24, 2.45) is 0 Å². The van der Waals surface area contributed by atoms with Gasteiger partial charge in [0.1, 0.15) is 56.6 Å². The van der Waals surface area contributed by atoms with Crippen LogP contribution in [0.5, 0.6) is 40.2 Å². The maximum atomic E-state index is 13.4. The highest BCUT2D eigenvalue weighted by molar-refractivity contribution is 7.87. The van der Waals surface area contributed by atoms with Crippen LogP contribution in [0.2, 0.25) is 0 Å². The SMILES string of the molecule is C.COc1ccc2c(c1)[nH]c1c(C)c(C)ccc12.COc1ccc2c(c1)[nH]c1c(C)c(OS(=O)(=O)c3cccc4c(N(C)C)cccc34)ccc12.COc1ccc2c(c1)[nH]c1cc(OCc3ccccc3)c(C)cc12.COc1ccc2c(c1)[nH]c1cc(OS(=O)(=O)c3cccc4c(N(C)C)cccc34)c(C)cc12. The highest BCUT2D eigenvalue weighted by Crippen LogP contribution is 2.41. The zero-order valence-electron chi connectivity index (χ0n) is 61.8. The molecular formula is C89H86N6O11S2. The van der Waals surface area contributed by atoms with Gasteiger partial charge < -0.3 is 61.8 Å². The number of aromatic nitrogens is 4. The summed E-state index contributed by atoms with van der Waals surface area (Å²) in [6.45, 7) is 10.7. The molecule has 4 heterocycles. The predicted molar refractivity (Wildman–Crippen MR) is 443 cm³/mol. The first kappa shape index (κ1) is 74.0. The molecule has 0 bridgehead atoms. The van der Waals surface area contributed by atoms with Crippen molar-refractivity contribution in [1.82, 2.24) is 19.9 Å². The van der Waals surface area contributed by atoms with Crippen LogP contribution in [-0.2, 0) is 26.8 Å². The Labute approximate surface area is 628 Å². The first-order chi connectivity index (χ1) is 51.5. The number of nitrogens with one attached hydrogen (secondary N) is 4. The maximum absolute atomic E-state index is 13.4. The van der Waals surface area contributed by atoms with E-state index in [1.807, 2.05) is 179 Å². The molecule has 0 saturated carbocycles. The minimum atomic E-state index is -4.07. The molecular weight excluding hydrogens is 1390 g/mol. The summed E-state index contributed by atoms with van der Waals surface area (Å²) < 4.78 is 92.1. The molecule has 0 aliphatic carbocycles. The van der Waals surface area contributed by atoms with E-state index in [2.05, 4.69) is 89.2 Å². The summed E-state index contributed by atoms with van der Waals surface area (Å²) >= 11 is 0. The molecule has 0 spiro atoms. The van der Waals surface area contributed by atoms with E-state index >= 15 is 0 Å². The fourth-order valence-corrected chi connectivity index (χ4v) is 16.4. The van der Waals surface area contributed by atoms with Gasteiger partial charge in [-0.2, -0.15) is 16.8 Å². The molecule has 0 fully saturated rings.